The first-order valence-electron chi connectivity index (χ1n) is 10.2. The predicted octanol–water partition coefficient (Wildman–Crippen LogP) is 3.80. The molecule has 0 radical (unpaired) electrons. The molecule has 0 saturated carbocycles. The van der Waals surface area contributed by atoms with Crippen LogP contribution in [0.2, 0.25) is 0 Å². The molecule has 0 aliphatic carbocycles. The number of rotatable bonds is 6. The van der Waals surface area contributed by atoms with Gasteiger partial charge in [-0.2, -0.15) is 0 Å². The van der Waals surface area contributed by atoms with E-state index < -0.39 is 5.97 Å². The zero-order valence-corrected chi connectivity index (χ0v) is 17.3. The summed E-state index contributed by atoms with van der Waals surface area (Å²) in [6.45, 7) is 4.85. The molecule has 0 bridgehead atoms. The molecule has 0 unspecified atom stereocenters. The van der Waals surface area contributed by atoms with Crippen molar-refractivity contribution in [3.8, 4) is 0 Å². The standard InChI is InChI=1S/C23H28N2O4/c1-4-8-18-19(23(28)29-3)15(2)24-20(18)22(27)25-13-11-17(12-14-25)21(26)16-9-6-5-7-10-16/h5-7,9-10,17,24H,4,8,11-14H2,1-3H3. The molecule has 1 aromatic carbocycles. The van der Waals surface area contributed by atoms with E-state index in [1.54, 1.807) is 11.8 Å². The van der Waals surface area contributed by atoms with Gasteiger partial charge in [-0.1, -0.05) is 43.7 Å². The van der Waals surface area contributed by atoms with Crippen LogP contribution in [-0.4, -0.2) is 47.7 Å². The maximum Gasteiger partial charge on any atom is 0.339 e. The number of carbonyl (C=O) groups is 3. The van der Waals surface area contributed by atoms with Crippen molar-refractivity contribution < 1.29 is 19.1 Å². The van der Waals surface area contributed by atoms with Crippen molar-refractivity contribution in [2.45, 2.75) is 39.5 Å². The summed E-state index contributed by atoms with van der Waals surface area (Å²) in [5.74, 6) is -0.452. The first-order valence-corrected chi connectivity index (χ1v) is 10.2. The Morgan fingerprint density at radius 1 is 1.14 bits per heavy atom. The third-order valence-corrected chi connectivity index (χ3v) is 5.61. The van der Waals surface area contributed by atoms with Crippen LogP contribution in [0.4, 0.5) is 0 Å². The van der Waals surface area contributed by atoms with Crippen LogP contribution < -0.4 is 0 Å². The first-order chi connectivity index (χ1) is 14.0. The van der Waals surface area contributed by atoms with Gasteiger partial charge in [0.25, 0.3) is 5.91 Å². The second kappa shape index (κ2) is 9.07. The molecule has 1 aliphatic rings. The lowest BCUT2D eigenvalue weighted by molar-refractivity contribution is 0.0598. The molecule has 1 N–H and O–H groups in total. The summed E-state index contributed by atoms with van der Waals surface area (Å²) in [7, 11) is 1.35. The number of carbonyl (C=O) groups excluding carboxylic acids is 3. The van der Waals surface area contributed by atoms with Gasteiger partial charge in [-0.15, -0.1) is 0 Å². The maximum atomic E-state index is 13.2. The SMILES string of the molecule is CCCc1c(C(=O)N2CCC(C(=O)c3ccccc3)CC2)[nH]c(C)c1C(=O)OC. The van der Waals surface area contributed by atoms with E-state index in [2.05, 4.69) is 4.98 Å². The number of nitrogens with zero attached hydrogens (tertiary/aromatic N) is 1. The van der Waals surface area contributed by atoms with Crippen LogP contribution in [0.25, 0.3) is 0 Å². The fraction of sp³-hybridized carbons (Fsp3) is 0.435. The molecule has 0 spiro atoms. The Kier molecular flexibility index (Phi) is 6.52. The largest absolute Gasteiger partial charge is 0.465 e. The quantitative estimate of drug-likeness (QED) is 0.595. The van der Waals surface area contributed by atoms with E-state index in [4.69, 9.17) is 4.74 Å². The van der Waals surface area contributed by atoms with E-state index in [9.17, 15) is 14.4 Å². The molecule has 2 aromatic rings. The molecule has 6 heteroatoms. The summed E-state index contributed by atoms with van der Waals surface area (Å²) in [4.78, 5) is 42.9. The number of piperidine rings is 1. The number of methoxy groups -OCH3 is 1. The number of amides is 1. The Balaban J connectivity index is 1.74. The van der Waals surface area contributed by atoms with Crippen molar-refractivity contribution in [3.05, 3.63) is 58.4 Å². The number of esters is 1. The maximum absolute atomic E-state index is 13.2. The van der Waals surface area contributed by atoms with Crippen molar-refractivity contribution >= 4 is 17.7 Å². The van der Waals surface area contributed by atoms with Crippen LogP contribution in [0, 0.1) is 12.8 Å². The molecule has 29 heavy (non-hydrogen) atoms. The number of likely N-dealkylation sites (tertiary alicyclic amines) is 1. The summed E-state index contributed by atoms with van der Waals surface area (Å²) in [5, 5.41) is 0. The van der Waals surface area contributed by atoms with Crippen LogP contribution >= 0.6 is 0 Å². The zero-order valence-electron chi connectivity index (χ0n) is 17.3. The van der Waals surface area contributed by atoms with E-state index in [-0.39, 0.29) is 17.6 Å². The third-order valence-electron chi connectivity index (χ3n) is 5.61. The Hall–Kier alpha value is -2.89. The number of Topliss-reactive ketones (excluding diaryl/α,β-unsaturated/α-hetero) is 1. The lowest BCUT2D eigenvalue weighted by Crippen LogP contribution is -2.40. The van der Waals surface area contributed by atoms with E-state index >= 15 is 0 Å². The minimum atomic E-state index is -0.423. The minimum absolute atomic E-state index is 0.0624. The molecule has 154 valence electrons. The van der Waals surface area contributed by atoms with E-state index in [1.165, 1.54) is 7.11 Å². The number of nitrogens with one attached hydrogen (secondary N) is 1. The molecular weight excluding hydrogens is 368 g/mol. The first kappa shape index (κ1) is 20.8. The summed E-state index contributed by atoms with van der Waals surface area (Å²) in [5.41, 5.74) is 3.04. The van der Waals surface area contributed by atoms with Gasteiger partial charge in [-0.25, -0.2) is 4.79 Å². The normalized spacial score (nSPS) is 14.7. The summed E-state index contributed by atoms with van der Waals surface area (Å²) in [6.07, 6.45) is 2.73. The molecule has 1 saturated heterocycles. The minimum Gasteiger partial charge on any atom is -0.465 e. The average molecular weight is 396 g/mol. The molecule has 1 aromatic heterocycles. The lowest BCUT2D eigenvalue weighted by atomic mass is 9.88. The highest BCUT2D eigenvalue weighted by molar-refractivity contribution is 6.01. The second-order valence-corrected chi connectivity index (χ2v) is 7.52. The van der Waals surface area contributed by atoms with Crippen LogP contribution in [0.3, 0.4) is 0 Å². The molecular formula is C23H28N2O4. The Morgan fingerprint density at radius 2 is 1.79 bits per heavy atom. The highest BCUT2D eigenvalue weighted by Gasteiger charge is 2.31. The van der Waals surface area contributed by atoms with Crippen molar-refractivity contribution in [2.24, 2.45) is 5.92 Å². The van der Waals surface area contributed by atoms with E-state index in [1.807, 2.05) is 37.3 Å². The van der Waals surface area contributed by atoms with Gasteiger partial charge < -0.3 is 14.6 Å². The van der Waals surface area contributed by atoms with Gasteiger partial charge >= 0.3 is 5.97 Å². The number of benzene rings is 1. The van der Waals surface area contributed by atoms with Gasteiger partial charge in [0.1, 0.15) is 5.69 Å². The third kappa shape index (κ3) is 4.26. The van der Waals surface area contributed by atoms with Crippen molar-refractivity contribution in [1.82, 2.24) is 9.88 Å². The highest BCUT2D eigenvalue weighted by atomic mass is 16.5. The Labute approximate surface area is 171 Å². The number of hydrogen-bond acceptors (Lipinski definition) is 4. The number of aromatic amines is 1. The molecule has 1 amide bonds. The summed E-state index contributed by atoms with van der Waals surface area (Å²) in [6, 6.07) is 9.31. The van der Waals surface area contributed by atoms with Gasteiger partial charge in [0, 0.05) is 30.3 Å². The zero-order chi connectivity index (χ0) is 21.0. The van der Waals surface area contributed by atoms with Crippen molar-refractivity contribution in [1.29, 1.82) is 0 Å². The fourth-order valence-electron chi connectivity index (χ4n) is 4.08. The molecule has 3 rings (SSSR count). The molecule has 6 nitrogen and oxygen atoms in total. The van der Waals surface area contributed by atoms with Gasteiger partial charge in [-0.3, -0.25) is 9.59 Å². The number of ether oxygens (including phenoxy) is 1. The van der Waals surface area contributed by atoms with Crippen molar-refractivity contribution in [3.63, 3.8) is 0 Å². The molecule has 2 heterocycles. The van der Waals surface area contributed by atoms with Crippen LogP contribution in [0.15, 0.2) is 30.3 Å². The molecule has 0 atom stereocenters. The highest BCUT2D eigenvalue weighted by Crippen LogP contribution is 2.26. The van der Waals surface area contributed by atoms with Gasteiger partial charge in [0.15, 0.2) is 5.78 Å². The van der Waals surface area contributed by atoms with Gasteiger partial charge in [0.2, 0.25) is 0 Å². The fourth-order valence-corrected chi connectivity index (χ4v) is 4.08. The van der Waals surface area contributed by atoms with E-state index in [0.717, 1.165) is 17.5 Å². The van der Waals surface area contributed by atoms with E-state index in [0.29, 0.717) is 49.3 Å². The van der Waals surface area contributed by atoms with Crippen LogP contribution in [0.1, 0.15) is 68.6 Å². The number of H-pyrrole nitrogens is 1. The summed E-state index contributed by atoms with van der Waals surface area (Å²) < 4.78 is 4.90. The molecule has 1 aliphatic heterocycles. The number of aromatic nitrogens is 1. The number of hydrogen-bond donors (Lipinski definition) is 1. The Morgan fingerprint density at radius 3 is 2.38 bits per heavy atom. The van der Waals surface area contributed by atoms with Crippen LogP contribution in [0.5, 0.6) is 0 Å². The molecule has 1 fully saturated rings. The smallest absolute Gasteiger partial charge is 0.339 e. The topological polar surface area (TPSA) is 79.5 Å². The predicted molar refractivity (Wildman–Crippen MR) is 110 cm³/mol. The monoisotopic (exact) mass is 396 g/mol. The second-order valence-electron chi connectivity index (χ2n) is 7.52. The van der Waals surface area contributed by atoms with Gasteiger partial charge in [0.05, 0.1) is 12.7 Å². The van der Waals surface area contributed by atoms with Gasteiger partial charge in [-0.05, 0) is 31.7 Å². The number of aryl methyl sites for hydroxylation is 1. The van der Waals surface area contributed by atoms with Crippen LogP contribution in [-0.2, 0) is 11.2 Å². The lowest BCUT2D eigenvalue weighted by Gasteiger charge is -2.31. The van der Waals surface area contributed by atoms with Crippen molar-refractivity contribution in [2.75, 3.05) is 20.2 Å². The Bertz CT molecular complexity index is 893. The number of ketones is 1. The summed E-state index contributed by atoms with van der Waals surface area (Å²) >= 11 is 0. The average Bonchev–Trinajstić information content (AvgIpc) is 3.09.